The maximum absolute atomic E-state index is 11.8. The first-order valence-electron chi connectivity index (χ1n) is 6.12. The molecular weight excluding hydrogens is 292 g/mol. The highest BCUT2D eigenvalue weighted by Crippen LogP contribution is 2.05. The third-order valence-corrected chi connectivity index (χ3v) is 2.48. The van der Waals surface area contributed by atoms with Crippen LogP contribution in [-0.2, 0) is 4.84 Å². The van der Waals surface area contributed by atoms with Gasteiger partial charge in [0, 0.05) is 0 Å². The molecule has 0 fully saturated rings. The van der Waals surface area contributed by atoms with E-state index >= 15 is 0 Å². The van der Waals surface area contributed by atoms with Gasteiger partial charge in [-0.05, 0) is 30.9 Å². The number of carbonyl (C=O) groups excluding carboxylic acids is 1. The molecule has 2 rings (SSSR count). The molecule has 0 aliphatic carbocycles. The number of tetrazole rings is 1. The highest BCUT2D eigenvalue weighted by molar-refractivity contribution is 5.89. The Kier molecular flexibility index (Phi) is 4.41. The molecule has 1 heterocycles. The number of nitro groups is 1. The molecule has 0 aliphatic heterocycles. The van der Waals surface area contributed by atoms with Crippen LogP contribution < -0.4 is 5.48 Å². The van der Waals surface area contributed by atoms with E-state index in [1.54, 1.807) is 31.2 Å². The zero-order valence-electron chi connectivity index (χ0n) is 11.8. The predicted molar refractivity (Wildman–Crippen MR) is 74.1 cm³/mol. The van der Waals surface area contributed by atoms with Crippen molar-refractivity contribution in [2.45, 2.75) is 13.8 Å². The van der Waals surface area contributed by atoms with E-state index in [9.17, 15) is 14.9 Å². The van der Waals surface area contributed by atoms with Crippen LogP contribution in [0.5, 0.6) is 0 Å². The van der Waals surface area contributed by atoms with Crippen LogP contribution in [0.2, 0.25) is 0 Å². The lowest BCUT2D eigenvalue weighted by molar-refractivity contribution is -0.394. The van der Waals surface area contributed by atoms with Crippen LogP contribution in [0.3, 0.4) is 0 Å². The Labute approximate surface area is 124 Å². The number of nitrogens with zero attached hydrogens (tertiary/aromatic N) is 5. The molecule has 0 atom stereocenters. The number of allylic oxidation sites excluding steroid dienone is 1. The van der Waals surface area contributed by atoms with Gasteiger partial charge in [0.05, 0.1) is 32.9 Å². The van der Waals surface area contributed by atoms with Crippen LogP contribution in [0.25, 0.3) is 6.20 Å². The highest BCUT2D eigenvalue weighted by Gasteiger charge is 2.14. The fourth-order valence-electron chi connectivity index (χ4n) is 1.42. The minimum atomic E-state index is -0.766. The molecule has 0 unspecified atom stereocenters. The summed E-state index contributed by atoms with van der Waals surface area (Å²) in [4.78, 5) is 27.2. The number of rotatable bonds is 5. The Bertz CT molecular complexity index is 721. The normalized spacial score (nSPS) is 11.1. The Morgan fingerprint density at radius 2 is 2.09 bits per heavy atom. The average Bonchev–Trinajstić information content (AvgIpc) is 2.94. The summed E-state index contributed by atoms with van der Waals surface area (Å²) in [5.74, 6) is -1.19. The van der Waals surface area contributed by atoms with Crippen molar-refractivity contribution >= 4 is 18.1 Å². The molecule has 10 heteroatoms. The summed E-state index contributed by atoms with van der Waals surface area (Å²) >= 11 is 0. The molecule has 114 valence electrons. The molecule has 0 saturated carbocycles. The van der Waals surface area contributed by atoms with Crippen molar-refractivity contribution in [3.8, 4) is 0 Å². The summed E-state index contributed by atoms with van der Waals surface area (Å²) in [7, 11) is 0. The maximum atomic E-state index is 11.8. The number of carbonyl (C=O) groups is 1. The minimum Gasteiger partial charge on any atom is -0.390 e. The third-order valence-electron chi connectivity index (χ3n) is 2.48. The molecule has 2 aromatic rings. The molecule has 1 N–H and O–H groups in total. The van der Waals surface area contributed by atoms with E-state index in [2.05, 4.69) is 20.9 Å². The summed E-state index contributed by atoms with van der Waals surface area (Å²) in [6.45, 7) is 3.47. The molecule has 0 saturated heterocycles. The highest BCUT2D eigenvalue weighted by atomic mass is 16.7. The summed E-state index contributed by atoms with van der Waals surface area (Å²) in [6.07, 6.45) is 1.28. The van der Waals surface area contributed by atoms with Gasteiger partial charge in [0.2, 0.25) is 0 Å². The quantitative estimate of drug-likeness (QED) is 0.642. The van der Waals surface area contributed by atoms with Crippen molar-refractivity contribution in [1.29, 1.82) is 0 Å². The van der Waals surface area contributed by atoms with Crippen molar-refractivity contribution in [2.24, 2.45) is 0 Å². The zero-order chi connectivity index (χ0) is 16.1. The standard InChI is InChI=1S/C12H12N6O4/c1-8-3-5-10(6-4-8)11(19)22-15-9(2)7-17-14-12(13-16-17)18(20)21/h3-7,15H,1-2H3/b9-7-. The van der Waals surface area contributed by atoms with Gasteiger partial charge in [0.1, 0.15) is 0 Å². The fraction of sp³-hybridized carbons (Fsp3) is 0.167. The molecule has 0 spiro atoms. The molecule has 0 bridgehead atoms. The van der Waals surface area contributed by atoms with E-state index in [0.29, 0.717) is 11.3 Å². The van der Waals surface area contributed by atoms with E-state index in [1.807, 2.05) is 6.92 Å². The molecule has 0 amide bonds. The molecular formula is C12H12N6O4. The van der Waals surface area contributed by atoms with Crippen molar-refractivity contribution in [3.05, 3.63) is 51.2 Å². The molecule has 1 aromatic heterocycles. The maximum Gasteiger partial charge on any atom is 0.515 e. The second-order valence-electron chi connectivity index (χ2n) is 4.34. The number of aryl methyl sites for hydroxylation is 1. The largest absolute Gasteiger partial charge is 0.515 e. The molecule has 0 aliphatic rings. The first kappa shape index (κ1) is 15.1. The first-order chi connectivity index (χ1) is 10.5. The number of aromatic nitrogens is 4. The van der Waals surface area contributed by atoms with Crippen LogP contribution >= 0.6 is 0 Å². The van der Waals surface area contributed by atoms with Crippen LogP contribution in [0.1, 0.15) is 22.8 Å². The minimum absolute atomic E-state index is 0.354. The second kappa shape index (κ2) is 6.43. The van der Waals surface area contributed by atoms with Crippen molar-refractivity contribution in [1.82, 2.24) is 25.7 Å². The van der Waals surface area contributed by atoms with Gasteiger partial charge in [-0.15, -0.1) is 0 Å². The topological polar surface area (TPSA) is 125 Å². The summed E-state index contributed by atoms with van der Waals surface area (Å²) < 4.78 is 0. The number of benzene rings is 1. The van der Waals surface area contributed by atoms with Gasteiger partial charge >= 0.3 is 11.9 Å². The number of hydrogen-bond acceptors (Lipinski definition) is 8. The fourth-order valence-corrected chi connectivity index (χ4v) is 1.42. The number of hydrogen-bond donors (Lipinski definition) is 1. The van der Waals surface area contributed by atoms with Crippen molar-refractivity contribution in [3.63, 3.8) is 0 Å². The van der Waals surface area contributed by atoms with E-state index < -0.39 is 16.8 Å². The summed E-state index contributed by atoms with van der Waals surface area (Å²) in [5.41, 5.74) is 4.17. The zero-order valence-corrected chi connectivity index (χ0v) is 11.8. The van der Waals surface area contributed by atoms with Gasteiger partial charge in [-0.25, -0.2) is 10.3 Å². The van der Waals surface area contributed by atoms with Gasteiger partial charge in [-0.3, -0.25) is 0 Å². The van der Waals surface area contributed by atoms with Crippen molar-refractivity contribution in [2.75, 3.05) is 0 Å². The van der Waals surface area contributed by atoms with Crippen LogP contribution in [0.15, 0.2) is 30.0 Å². The first-order valence-corrected chi connectivity index (χ1v) is 6.12. The predicted octanol–water partition coefficient (Wildman–Crippen LogP) is 1.07. The Balaban J connectivity index is 1.95. The lowest BCUT2D eigenvalue weighted by atomic mass is 10.2. The molecule has 10 nitrogen and oxygen atoms in total. The van der Waals surface area contributed by atoms with E-state index in [4.69, 9.17) is 4.84 Å². The van der Waals surface area contributed by atoms with E-state index in [1.165, 1.54) is 6.20 Å². The van der Waals surface area contributed by atoms with Crippen LogP contribution in [-0.4, -0.2) is 31.1 Å². The SMILES string of the molecule is C/C(=C/n1nnc([N+](=O)[O-])n1)NOC(=O)c1ccc(C)cc1. The van der Waals surface area contributed by atoms with Gasteiger partial charge in [0.15, 0.2) is 0 Å². The Morgan fingerprint density at radius 3 is 2.68 bits per heavy atom. The van der Waals surface area contributed by atoms with Crippen LogP contribution in [0.4, 0.5) is 5.95 Å². The lowest BCUT2D eigenvalue weighted by Gasteiger charge is -2.06. The number of hydroxylamine groups is 1. The van der Waals surface area contributed by atoms with Gasteiger partial charge < -0.3 is 15.0 Å². The van der Waals surface area contributed by atoms with Crippen molar-refractivity contribution < 1.29 is 14.6 Å². The monoisotopic (exact) mass is 304 g/mol. The molecule has 0 radical (unpaired) electrons. The Hall–Kier alpha value is -3.30. The smallest absolute Gasteiger partial charge is 0.390 e. The van der Waals surface area contributed by atoms with E-state index in [-0.39, 0.29) is 0 Å². The number of nitrogens with one attached hydrogen (secondary N) is 1. The molecule has 1 aromatic carbocycles. The molecule has 22 heavy (non-hydrogen) atoms. The summed E-state index contributed by atoms with van der Waals surface area (Å²) in [5, 5.41) is 20.6. The van der Waals surface area contributed by atoms with Gasteiger partial charge in [0.25, 0.3) is 0 Å². The lowest BCUT2D eigenvalue weighted by Crippen LogP contribution is -2.18. The van der Waals surface area contributed by atoms with Gasteiger partial charge in [-0.2, -0.15) is 0 Å². The Morgan fingerprint density at radius 1 is 1.41 bits per heavy atom. The third kappa shape index (κ3) is 3.85. The average molecular weight is 304 g/mol. The van der Waals surface area contributed by atoms with E-state index in [0.717, 1.165) is 10.4 Å². The summed E-state index contributed by atoms with van der Waals surface area (Å²) in [6, 6.07) is 6.86. The van der Waals surface area contributed by atoms with Crippen LogP contribution in [0, 0.1) is 17.0 Å². The van der Waals surface area contributed by atoms with Gasteiger partial charge in [-0.1, -0.05) is 22.5 Å². The second-order valence-corrected chi connectivity index (χ2v) is 4.34.